The van der Waals surface area contributed by atoms with Crippen molar-refractivity contribution in [3.8, 4) is 0 Å². The Bertz CT molecular complexity index is 700. The van der Waals surface area contributed by atoms with Gasteiger partial charge in [-0.15, -0.1) is 11.8 Å². The number of hydrogen-bond donors (Lipinski definition) is 1. The SMILES string of the molecule is O=C(NCCC1=CCCCC1)C1CSC2c3ccccc3C(=O)N12. The molecule has 2 heterocycles. The Morgan fingerprint density at radius 2 is 2.17 bits per heavy atom. The summed E-state index contributed by atoms with van der Waals surface area (Å²) in [5, 5.41) is 3.05. The molecule has 2 amide bonds. The third kappa shape index (κ3) is 2.75. The zero-order valence-corrected chi connectivity index (χ0v) is 14.5. The van der Waals surface area contributed by atoms with Gasteiger partial charge in [0.15, 0.2) is 0 Å². The maximum atomic E-state index is 12.6. The molecule has 24 heavy (non-hydrogen) atoms. The molecular weight excluding hydrogens is 320 g/mol. The van der Waals surface area contributed by atoms with Crippen LogP contribution in [0.1, 0.15) is 53.4 Å². The van der Waals surface area contributed by atoms with E-state index < -0.39 is 0 Å². The van der Waals surface area contributed by atoms with E-state index in [1.54, 1.807) is 16.7 Å². The molecule has 0 aromatic heterocycles. The van der Waals surface area contributed by atoms with Crippen LogP contribution in [0.15, 0.2) is 35.9 Å². The van der Waals surface area contributed by atoms with E-state index in [2.05, 4.69) is 11.4 Å². The Hall–Kier alpha value is -1.75. The van der Waals surface area contributed by atoms with Gasteiger partial charge in [-0.2, -0.15) is 0 Å². The molecule has 4 nitrogen and oxygen atoms in total. The third-order valence-electron chi connectivity index (χ3n) is 5.13. The molecule has 2 atom stereocenters. The fraction of sp³-hybridized carbons (Fsp3) is 0.474. The zero-order valence-electron chi connectivity index (χ0n) is 13.7. The maximum absolute atomic E-state index is 12.6. The minimum Gasteiger partial charge on any atom is -0.354 e. The highest BCUT2D eigenvalue weighted by Gasteiger charge is 2.48. The Morgan fingerprint density at radius 1 is 1.29 bits per heavy atom. The van der Waals surface area contributed by atoms with E-state index in [9.17, 15) is 9.59 Å². The van der Waals surface area contributed by atoms with Crippen molar-refractivity contribution >= 4 is 23.6 Å². The molecule has 1 aliphatic carbocycles. The number of hydrogen-bond acceptors (Lipinski definition) is 3. The second-order valence-corrected chi connectivity index (χ2v) is 7.76. The van der Waals surface area contributed by atoms with Crippen LogP contribution in [0.3, 0.4) is 0 Å². The summed E-state index contributed by atoms with van der Waals surface area (Å²) >= 11 is 1.69. The molecule has 0 radical (unpaired) electrons. The number of nitrogens with one attached hydrogen (secondary N) is 1. The molecule has 1 fully saturated rings. The average Bonchev–Trinajstić information content (AvgIpc) is 3.17. The molecule has 0 bridgehead atoms. The zero-order chi connectivity index (χ0) is 16.5. The molecule has 3 aliphatic rings. The first-order valence-corrected chi connectivity index (χ1v) is 9.79. The normalized spacial score (nSPS) is 25.2. The lowest BCUT2D eigenvalue weighted by Gasteiger charge is -2.23. The second-order valence-electron chi connectivity index (χ2n) is 6.65. The number of allylic oxidation sites excluding steroid dienone is 1. The Balaban J connectivity index is 1.38. The van der Waals surface area contributed by atoms with Gasteiger partial charge in [0, 0.05) is 17.9 Å². The number of amides is 2. The van der Waals surface area contributed by atoms with Crippen LogP contribution >= 0.6 is 11.8 Å². The highest BCUT2D eigenvalue weighted by atomic mass is 32.2. The second kappa shape index (κ2) is 6.63. The number of rotatable bonds is 4. The van der Waals surface area contributed by atoms with E-state index >= 15 is 0 Å². The van der Waals surface area contributed by atoms with E-state index in [-0.39, 0.29) is 23.2 Å². The maximum Gasteiger partial charge on any atom is 0.256 e. The molecule has 2 unspecified atom stereocenters. The van der Waals surface area contributed by atoms with Crippen LogP contribution in [-0.4, -0.2) is 35.1 Å². The summed E-state index contributed by atoms with van der Waals surface area (Å²) in [7, 11) is 0. The summed E-state index contributed by atoms with van der Waals surface area (Å²) in [5.74, 6) is 0.664. The van der Waals surface area contributed by atoms with Crippen LogP contribution in [0, 0.1) is 0 Å². The van der Waals surface area contributed by atoms with Crippen molar-refractivity contribution in [2.45, 2.75) is 43.5 Å². The van der Waals surface area contributed by atoms with Gasteiger partial charge < -0.3 is 10.2 Å². The number of benzene rings is 1. The number of fused-ring (bicyclic) bond motifs is 3. The Labute approximate surface area is 146 Å². The van der Waals surface area contributed by atoms with Crippen LogP contribution in [0.5, 0.6) is 0 Å². The number of nitrogens with zero attached hydrogens (tertiary/aromatic N) is 1. The van der Waals surface area contributed by atoms with Crippen LogP contribution < -0.4 is 5.32 Å². The highest BCUT2D eigenvalue weighted by Crippen LogP contribution is 2.47. The molecule has 4 rings (SSSR count). The monoisotopic (exact) mass is 342 g/mol. The minimum atomic E-state index is -0.347. The Morgan fingerprint density at radius 3 is 3.00 bits per heavy atom. The van der Waals surface area contributed by atoms with E-state index in [4.69, 9.17) is 0 Å². The van der Waals surface area contributed by atoms with Crippen molar-refractivity contribution in [2.75, 3.05) is 12.3 Å². The molecular formula is C19H22N2O2S. The third-order valence-corrected chi connectivity index (χ3v) is 6.43. The first-order valence-electron chi connectivity index (χ1n) is 8.74. The first-order chi connectivity index (χ1) is 11.8. The van der Waals surface area contributed by atoms with Crippen molar-refractivity contribution in [3.05, 3.63) is 47.0 Å². The summed E-state index contributed by atoms with van der Waals surface area (Å²) in [5.41, 5.74) is 3.26. The van der Waals surface area contributed by atoms with Crippen molar-refractivity contribution < 1.29 is 9.59 Å². The van der Waals surface area contributed by atoms with Gasteiger partial charge in [0.05, 0.1) is 0 Å². The van der Waals surface area contributed by atoms with Gasteiger partial charge >= 0.3 is 0 Å². The summed E-state index contributed by atoms with van der Waals surface area (Å²) in [6.07, 6.45) is 8.14. The lowest BCUT2D eigenvalue weighted by Crippen LogP contribution is -2.46. The topological polar surface area (TPSA) is 49.4 Å². The molecule has 1 aromatic carbocycles. The largest absolute Gasteiger partial charge is 0.354 e. The standard InChI is InChI=1S/C19H22N2O2S/c22-17(20-11-10-13-6-2-1-3-7-13)16-12-24-19-15-9-5-4-8-14(15)18(23)21(16)19/h4-6,8-9,16,19H,1-3,7,10-12H2,(H,20,22). The first kappa shape index (κ1) is 15.8. The van der Waals surface area contributed by atoms with E-state index in [1.807, 2.05) is 24.3 Å². The summed E-state index contributed by atoms with van der Waals surface area (Å²) < 4.78 is 0. The van der Waals surface area contributed by atoms with E-state index in [1.165, 1.54) is 24.8 Å². The fourth-order valence-corrected chi connectivity index (χ4v) is 5.30. The summed E-state index contributed by atoms with van der Waals surface area (Å²) in [4.78, 5) is 27.0. The van der Waals surface area contributed by atoms with Gasteiger partial charge in [0.25, 0.3) is 5.91 Å². The van der Waals surface area contributed by atoms with E-state index in [0.717, 1.165) is 24.0 Å². The highest BCUT2D eigenvalue weighted by molar-refractivity contribution is 7.99. The predicted octanol–water partition coefficient (Wildman–Crippen LogP) is 3.26. The molecule has 0 saturated carbocycles. The fourth-order valence-electron chi connectivity index (χ4n) is 3.84. The predicted molar refractivity (Wildman–Crippen MR) is 95.8 cm³/mol. The molecule has 1 saturated heterocycles. The van der Waals surface area contributed by atoms with E-state index in [0.29, 0.717) is 12.3 Å². The number of carbonyl (C=O) groups is 2. The van der Waals surface area contributed by atoms with Gasteiger partial charge in [-0.1, -0.05) is 29.8 Å². The molecule has 1 N–H and O–H groups in total. The van der Waals surface area contributed by atoms with Crippen LogP contribution in [0.2, 0.25) is 0 Å². The smallest absolute Gasteiger partial charge is 0.256 e. The van der Waals surface area contributed by atoms with Crippen molar-refractivity contribution in [3.63, 3.8) is 0 Å². The van der Waals surface area contributed by atoms with Gasteiger partial charge in [-0.05, 0) is 43.7 Å². The van der Waals surface area contributed by atoms with Crippen LogP contribution in [0.4, 0.5) is 0 Å². The van der Waals surface area contributed by atoms with Crippen LogP contribution in [-0.2, 0) is 4.79 Å². The number of thioether (sulfide) groups is 1. The van der Waals surface area contributed by atoms with Crippen molar-refractivity contribution in [2.24, 2.45) is 0 Å². The molecule has 2 aliphatic heterocycles. The Kier molecular flexibility index (Phi) is 4.35. The lowest BCUT2D eigenvalue weighted by molar-refractivity contribution is -0.124. The van der Waals surface area contributed by atoms with Gasteiger partial charge in [-0.3, -0.25) is 9.59 Å². The molecule has 1 aromatic rings. The summed E-state index contributed by atoms with van der Waals surface area (Å²) in [6.45, 7) is 0.672. The molecule has 126 valence electrons. The lowest BCUT2D eigenvalue weighted by atomic mass is 9.97. The quantitative estimate of drug-likeness (QED) is 0.855. The molecule has 0 spiro atoms. The number of carbonyl (C=O) groups excluding carboxylic acids is 2. The average molecular weight is 342 g/mol. The van der Waals surface area contributed by atoms with Crippen molar-refractivity contribution in [1.29, 1.82) is 0 Å². The van der Waals surface area contributed by atoms with Gasteiger partial charge in [0.1, 0.15) is 11.4 Å². The van der Waals surface area contributed by atoms with Crippen LogP contribution in [0.25, 0.3) is 0 Å². The van der Waals surface area contributed by atoms with Crippen molar-refractivity contribution in [1.82, 2.24) is 10.2 Å². The van der Waals surface area contributed by atoms with Gasteiger partial charge in [0.2, 0.25) is 5.91 Å². The molecule has 5 heteroatoms. The minimum absolute atomic E-state index is 0.00395. The van der Waals surface area contributed by atoms with Gasteiger partial charge in [-0.25, -0.2) is 0 Å². The summed E-state index contributed by atoms with van der Waals surface area (Å²) in [6, 6.07) is 7.36.